The van der Waals surface area contributed by atoms with Crippen molar-refractivity contribution in [2.45, 2.75) is 0 Å². The van der Waals surface area contributed by atoms with Gasteiger partial charge in [0.05, 0.1) is 11.5 Å². The first kappa shape index (κ1) is 18.3. The van der Waals surface area contributed by atoms with E-state index in [0.29, 0.717) is 26.2 Å². The summed E-state index contributed by atoms with van der Waals surface area (Å²) in [5, 5.41) is 13.3. The molecule has 140 valence electrons. The minimum atomic E-state index is -0.566. The number of carbonyl (C=O) groups excluding carboxylic acids is 2. The molecule has 2 amide bonds. The second-order valence-corrected chi connectivity index (χ2v) is 6.05. The number of hydrogen-bond donors (Lipinski definition) is 1. The first-order valence-electron chi connectivity index (χ1n) is 8.51. The molecule has 27 heavy (non-hydrogen) atoms. The van der Waals surface area contributed by atoms with Crippen LogP contribution < -0.4 is 10.2 Å². The lowest BCUT2D eigenvalue weighted by Crippen LogP contribution is -2.51. The van der Waals surface area contributed by atoms with E-state index in [4.69, 9.17) is 0 Å². The van der Waals surface area contributed by atoms with E-state index in [1.807, 2.05) is 18.2 Å². The van der Waals surface area contributed by atoms with E-state index in [-0.39, 0.29) is 23.7 Å². The van der Waals surface area contributed by atoms with Crippen LogP contribution in [0.4, 0.5) is 11.5 Å². The van der Waals surface area contributed by atoms with Gasteiger partial charge in [-0.05, 0) is 18.2 Å². The summed E-state index contributed by atoms with van der Waals surface area (Å²) in [5.41, 5.74) is -0.0170. The average Bonchev–Trinajstić information content (AvgIpc) is 2.72. The van der Waals surface area contributed by atoms with E-state index in [2.05, 4.69) is 15.2 Å². The van der Waals surface area contributed by atoms with Crippen molar-refractivity contribution in [3.63, 3.8) is 0 Å². The van der Waals surface area contributed by atoms with Crippen molar-refractivity contribution in [1.82, 2.24) is 15.2 Å². The van der Waals surface area contributed by atoms with Crippen LogP contribution in [0.1, 0.15) is 10.4 Å². The molecule has 1 aromatic carbocycles. The molecule has 0 aliphatic carbocycles. The number of nitrogens with zero attached hydrogens (tertiary/aromatic N) is 4. The highest BCUT2D eigenvalue weighted by Gasteiger charge is 2.22. The van der Waals surface area contributed by atoms with Crippen LogP contribution in [0.15, 0.2) is 48.7 Å². The molecule has 1 fully saturated rings. The van der Waals surface area contributed by atoms with Crippen LogP contribution in [-0.2, 0) is 4.79 Å². The van der Waals surface area contributed by atoms with Gasteiger partial charge in [0.2, 0.25) is 5.91 Å². The molecule has 0 bridgehead atoms. The van der Waals surface area contributed by atoms with Gasteiger partial charge in [-0.2, -0.15) is 0 Å². The standard InChI is InChI=1S/C18H19N5O4/c24-17(13-20-18(25)14-4-3-5-15(12-14)23(26)27)22-10-8-21(9-11-22)16-6-1-2-7-19-16/h1-7,12H,8-11,13H2,(H,20,25). The highest BCUT2D eigenvalue weighted by atomic mass is 16.6. The summed E-state index contributed by atoms with van der Waals surface area (Å²) in [6.07, 6.45) is 1.73. The molecule has 1 aliphatic rings. The smallest absolute Gasteiger partial charge is 0.270 e. The SMILES string of the molecule is O=C(NCC(=O)N1CCN(c2ccccn2)CC1)c1cccc([N+](=O)[O-])c1. The first-order valence-corrected chi connectivity index (χ1v) is 8.51. The highest BCUT2D eigenvalue weighted by Crippen LogP contribution is 2.14. The molecular weight excluding hydrogens is 350 g/mol. The Morgan fingerprint density at radius 3 is 2.56 bits per heavy atom. The van der Waals surface area contributed by atoms with E-state index < -0.39 is 10.8 Å². The molecule has 0 unspecified atom stereocenters. The molecule has 0 radical (unpaired) electrons. The molecule has 9 heteroatoms. The predicted molar refractivity (Wildman–Crippen MR) is 98.5 cm³/mol. The fourth-order valence-electron chi connectivity index (χ4n) is 2.86. The zero-order valence-corrected chi connectivity index (χ0v) is 14.6. The molecule has 2 aromatic rings. The molecule has 3 rings (SSSR count). The van der Waals surface area contributed by atoms with Gasteiger partial charge in [-0.25, -0.2) is 4.98 Å². The summed E-state index contributed by atoms with van der Waals surface area (Å²) in [6, 6.07) is 11.1. The van der Waals surface area contributed by atoms with Crippen LogP contribution in [-0.4, -0.2) is 59.3 Å². The number of amides is 2. The van der Waals surface area contributed by atoms with E-state index in [0.717, 1.165) is 5.82 Å². The van der Waals surface area contributed by atoms with Gasteiger partial charge in [0, 0.05) is 50.1 Å². The largest absolute Gasteiger partial charge is 0.353 e. The Hall–Kier alpha value is -3.49. The third-order valence-electron chi connectivity index (χ3n) is 4.32. The van der Waals surface area contributed by atoms with E-state index in [1.165, 1.54) is 24.3 Å². The predicted octanol–water partition coefficient (Wildman–Crippen LogP) is 1.07. The number of nitro groups is 1. The minimum absolute atomic E-state index is 0.148. The molecule has 1 aliphatic heterocycles. The Labute approximate surface area is 155 Å². The maximum atomic E-state index is 12.3. The van der Waals surface area contributed by atoms with Crippen molar-refractivity contribution in [3.05, 3.63) is 64.3 Å². The second kappa shape index (κ2) is 8.26. The minimum Gasteiger partial charge on any atom is -0.353 e. The Bertz CT molecular complexity index is 835. The average molecular weight is 369 g/mol. The Morgan fingerprint density at radius 1 is 1.11 bits per heavy atom. The number of nitrogens with one attached hydrogen (secondary N) is 1. The Kier molecular flexibility index (Phi) is 5.60. The maximum Gasteiger partial charge on any atom is 0.270 e. The van der Waals surface area contributed by atoms with Gasteiger partial charge in [-0.15, -0.1) is 0 Å². The number of nitro benzene ring substituents is 1. The number of benzene rings is 1. The number of hydrogen-bond acceptors (Lipinski definition) is 6. The number of non-ortho nitro benzene ring substituents is 1. The lowest BCUT2D eigenvalue weighted by atomic mass is 10.2. The summed E-state index contributed by atoms with van der Waals surface area (Å²) in [7, 11) is 0. The number of anilines is 1. The zero-order chi connectivity index (χ0) is 19.2. The third-order valence-corrected chi connectivity index (χ3v) is 4.32. The van der Waals surface area contributed by atoms with Crippen molar-refractivity contribution in [1.29, 1.82) is 0 Å². The van der Waals surface area contributed by atoms with Gasteiger partial charge >= 0.3 is 0 Å². The van der Waals surface area contributed by atoms with Gasteiger partial charge in [0.25, 0.3) is 11.6 Å². The van der Waals surface area contributed by atoms with Crippen LogP contribution in [0.2, 0.25) is 0 Å². The summed E-state index contributed by atoms with van der Waals surface area (Å²) in [6.45, 7) is 2.28. The van der Waals surface area contributed by atoms with Gasteiger partial charge in [-0.1, -0.05) is 12.1 Å². The Morgan fingerprint density at radius 2 is 1.89 bits per heavy atom. The molecule has 0 atom stereocenters. The summed E-state index contributed by atoms with van der Waals surface area (Å²) in [4.78, 5) is 42.8. The van der Waals surface area contributed by atoms with Crippen LogP contribution in [0, 0.1) is 10.1 Å². The van der Waals surface area contributed by atoms with Gasteiger partial charge in [0.15, 0.2) is 0 Å². The normalized spacial score (nSPS) is 13.9. The van der Waals surface area contributed by atoms with E-state index in [1.54, 1.807) is 11.1 Å². The fourth-order valence-corrected chi connectivity index (χ4v) is 2.86. The quantitative estimate of drug-likeness (QED) is 0.624. The molecule has 0 spiro atoms. The lowest BCUT2D eigenvalue weighted by Gasteiger charge is -2.35. The topological polar surface area (TPSA) is 109 Å². The molecule has 0 saturated carbocycles. The van der Waals surface area contributed by atoms with Crippen molar-refractivity contribution in [2.75, 3.05) is 37.6 Å². The molecular formula is C18H19N5O4. The van der Waals surface area contributed by atoms with Gasteiger partial charge in [-0.3, -0.25) is 19.7 Å². The zero-order valence-electron chi connectivity index (χ0n) is 14.6. The Balaban J connectivity index is 1.49. The van der Waals surface area contributed by atoms with Crippen molar-refractivity contribution >= 4 is 23.3 Å². The number of rotatable bonds is 5. The van der Waals surface area contributed by atoms with Gasteiger partial charge < -0.3 is 15.1 Å². The summed E-state index contributed by atoms with van der Waals surface area (Å²) >= 11 is 0. The van der Waals surface area contributed by atoms with Gasteiger partial charge in [0.1, 0.15) is 5.82 Å². The van der Waals surface area contributed by atoms with E-state index >= 15 is 0 Å². The second-order valence-electron chi connectivity index (χ2n) is 6.05. The van der Waals surface area contributed by atoms with Crippen molar-refractivity contribution in [3.8, 4) is 0 Å². The lowest BCUT2D eigenvalue weighted by molar-refractivity contribution is -0.384. The monoisotopic (exact) mass is 369 g/mol. The van der Waals surface area contributed by atoms with Crippen molar-refractivity contribution < 1.29 is 14.5 Å². The highest BCUT2D eigenvalue weighted by molar-refractivity contribution is 5.97. The first-order chi connectivity index (χ1) is 13.0. The fraction of sp³-hybridized carbons (Fsp3) is 0.278. The van der Waals surface area contributed by atoms with Crippen LogP contribution in [0.5, 0.6) is 0 Å². The third kappa shape index (κ3) is 4.57. The number of carbonyl (C=O) groups is 2. The maximum absolute atomic E-state index is 12.3. The number of aromatic nitrogens is 1. The van der Waals surface area contributed by atoms with Crippen LogP contribution in [0.25, 0.3) is 0 Å². The number of pyridine rings is 1. The van der Waals surface area contributed by atoms with Crippen molar-refractivity contribution in [2.24, 2.45) is 0 Å². The molecule has 1 N–H and O–H groups in total. The molecule has 1 saturated heterocycles. The number of piperazine rings is 1. The molecule has 2 heterocycles. The molecule has 9 nitrogen and oxygen atoms in total. The summed E-state index contributed by atoms with van der Waals surface area (Å²) < 4.78 is 0. The van der Waals surface area contributed by atoms with Crippen LogP contribution >= 0.6 is 0 Å². The summed E-state index contributed by atoms with van der Waals surface area (Å²) in [5.74, 6) is 0.178. The molecule has 1 aromatic heterocycles. The van der Waals surface area contributed by atoms with E-state index in [9.17, 15) is 19.7 Å². The van der Waals surface area contributed by atoms with Crippen LogP contribution in [0.3, 0.4) is 0 Å².